The average Bonchev–Trinajstić information content (AvgIpc) is 2.39. The predicted molar refractivity (Wildman–Crippen MR) is 65.2 cm³/mol. The summed E-state index contributed by atoms with van der Waals surface area (Å²) in [6.07, 6.45) is 5.81. The minimum absolute atomic E-state index is 0.252. The van der Waals surface area contributed by atoms with Gasteiger partial charge < -0.3 is 5.73 Å². The van der Waals surface area contributed by atoms with Crippen molar-refractivity contribution in [1.29, 1.82) is 0 Å². The first kappa shape index (κ1) is 11.3. The van der Waals surface area contributed by atoms with Crippen molar-refractivity contribution < 1.29 is 4.79 Å². The van der Waals surface area contributed by atoms with E-state index < -0.39 is 0 Å². The number of nitrogens with two attached hydrogens (primary N) is 1. The number of carbonyl (C=O) groups excluding carboxylic acids is 1. The van der Waals surface area contributed by atoms with Gasteiger partial charge in [-0.05, 0) is 24.5 Å². The van der Waals surface area contributed by atoms with Gasteiger partial charge in [0.05, 0.1) is 0 Å². The zero-order valence-electron chi connectivity index (χ0n) is 9.61. The summed E-state index contributed by atoms with van der Waals surface area (Å²) in [7, 11) is 0. The molecule has 2 heteroatoms. The maximum atomic E-state index is 12.2. The van der Waals surface area contributed by atoms with Crippen LogP contribution in [0.1, 0.15) is 48.0 Å². The number of Topliss-reactive ketones (excluding diaryl/α,β-unsaturated/α-hetero) is 1. The number of rotatable bonds is 3. The number of ketones is 1. The van der Waals surface area contributed by atoms with Crippen LogP contribution in [0.15, 0.2) is 24.3 Å². The van der Waals surface area contributed by atoms with Crippen molar-refractivity contribution in [3.05, 3.63) is 35.4 Å². The lowest BCUT2D eigenvalue weighted by atomic mass is 9.83. The zero-order chi connectivity index (χ0) is 11.4. The fourth-order valence-corrected chi connectivity index (χ4v) is 2.45. The van der Waals surface area contributed by atoms with Crippen LogP contribution in [0.2, 0.25) is 0 Å². The second kappa shape index (κ2) is 5.26. The molecule has 0 atom stereocenters. The third-order valence-corrected chi connectivity index (χ3v) is 3.42. The Labute approximate surface area is 96.8 Å². The standard InChI is InChI=1S/C14H19NO/c15-10-11-5-4-8-13(9-11)14(16)12-6-2-1-3-7-12/h4-5,8-9,12H,1-3,6-7,10,15H2. The number of benzene rings is 1. The molecule has 2 rings (SSSR count). The molecule has 1 saturated carbocycles. The lowest BCUT2D eigenvalue weighted by Gasteiger charge is -2.20. The molecule has 1 aliphatic carbocycles. The molecule has 1 aliphatic rings. The molecule has 0 aromatic heterocycles. The molecule has 0 amide bonds. The van der Waals surface area contributed by atoms with Crippen LogP contribution in [0.5, 0.6) is 0 Å². The van der Waals surface area contributed by atoms with Gasteiger partial charge in [0.1, 0.15) is 0 Å². The molecule has 0 unspecified atom stereocenters. The lowest BCUT2D eigenvalue weighted by molar-refractivity contribution is 0.0889. The van der Waals surface area contributed by atoms with E-state index in [4.69, 9.17) is 5.73 Å². The molecule has 16 heavy (non-hydrogen) atoms. The Bertz CT molecular complexity index is 367. The summed E-state index contributed by atoms with van der Waals surface area (Å²) in [6.45, 7) is 0.506. The highest BCUT2D eigenvalue weighted by molar-refractivity contribution is 5.98. The molecule has 0 radical (unpaired) electrons. The highest BCUT2D eigenvalue weighted by Crippen LogP contribution is 2.27. The van der Waals surface area contributed by atoms with Crippen LogP contribution in [0, 0.1) is 5.92 Å². The van der Waals surface area contributed by atoms with Crippen LogP contribution in [0.3, 0.4) is 0 Å². The van der Waals surface area contributed by atoms with Gasteiger partial charge in [-0.25, -0.2) is 0 Å². The van der Waals surface area contributed by atoms with Gasteiger partial charge in [-0.1, -0.05) is 37.5 Å². The van der Waals surface area contributed by atoms with E-state index in [1.165, 1.54) is 19.3 Å². The van der Waals surface area contributed by atoms with Crippen molar-refractivity contribution in [3.63, 3.8) is 0 Å². The Morgan fingerprint density at radius 3 is 2.69 bits per heavy atom. The first-order valence-corrected chi connectivity index (χ1v) is 6.14. The van der Waals surface area contributed by atoms with E-state index in [1.807, 2.05) is 24.3 Å². The second-order valence-corrected chi connectivity index (χ2v) is 4.60. The maximum absolute atomic E-state index is 12.2. The number of hydrogen-bond donors (Lipinski definition) is 1. The molecule has 0 spiro atoms. The lowest BCUT2D eigenvalue weighted by Crippen LogP contribution is -2.18. The van der Waals surface area contributed by atoms with E-state index in [0.29, 0.717) is 12.3 Å². The Hall–Kier alpha value is -1.15. The fraction of sp³-hybridized carbons (Fsp3) is 0.500. The monoisotopic (exact) mass is 217 g/mol. The van der Waals surface area contributed by atoms with E-state index in [-0.39, 0.29) is 5.92 Å². The van der Waals surface area contributed by atoms with E-state index >= 15 is 0 Å². The Kier molecular flexibility index (Phi) is 3.73. The van der Waals surface area contributed by atoms with Crippen LogP contribution in [-0.4, -0.2) is 5.78 Å². The number of carbonyl (C=O) groups is 1. The summed E-state index contributed by atoms with van der Waals surface area (Å²) in [5.41, 5.74) is 7.47. The van der Waals surface area contributed by atoms with Gasteiger partial charge in [0.15, 0.2) is 5.78 Å². The van der Waals surface area contributed by atoms with Crippen molar-refractivity contribution in [2.45, 2.75) is 38.6 Å². The van der Waals surface area contributed by atoms with E-state index in [0.717, 1.165) is 24.0 Å². The van der Waals surface area contributed by atoms with Crippen LogP contribution in [-0.2, 0) is 6.54 Å². The van der Waals surface area contributed by atoms with Crippen LogP contribution in [0.25, 0.3) is 0 Å². The van der Waals surface area contributed by atoms with E-state index in [9.17, 15) is 4.79 Å². The molecule has 2 N–H and O–H groups in total. The molecule has 0 bridgehead atoms. The van der Waals surface area contributed by atoms with Gasteiger partial charge >= 0.3 is 0 Å². The summed E-state index contributed by atoms with van der Waals surface area (Å²) in [5, 5.41) is 0. The highest BCUT2D eigenvalue weighted by Gasteiger charge is 2.22. The Morgan fingerprint density at radius 2 is 2.00 bits per heavy atom. The number of hydrogen-bond acceptors (Lipinski definition) is 2. The molecular formula is C14H19NO. The van der Waals surface area contributed by atoms with Gasteiger partial charge in [0.25, 0.3) is 0 Å². The van der Waals surface area contributed by atoms with Gasteiger partial charge in [-0.3, -0.25) is 4.79 Å². The van der Waals surface area contributed by atoms with Crippen LogP contribution >= 0.6 is 0 Å². The summed E-state index contributed by atoms with van der Waals surface area (Å²) in [6, 6.07) is 7.75. The van der Waals surface area contributed by atoms with Gasteiger partial charge in [-0.2, -0.15) is 0 Å². The molecule has 86 valence electrons. The normalized spacial score (nSPS) is 17.3. The molecule has 0 saturated heterocycles. The smallest absolute Gasteiger partial charge is 0.165 e. The van der Waals surface area contributed by atoms with Crippen molar-refractivity contribution in [2.24, 2.45) is 11.7 Å². The Balaban J connectivity index is 2.12. The molecule has 1 aromatic carbocycles. The molecule has 1 aromatic rings. The van der Waals surface area contributed by atoms with E-state index in [1.54, 1.807) is 0 Å². The summed E-state index contributed by atoms with van der Waals surface area (Å²) >= 11 is 0. The zero-order valence-corrected chi connectivity index (χ0v) is 9.61. The van der Waals surface area contributed by atoms with Gasteiger partial charge in [0, 0.05) is 18.0 Å². The van der Waals surface area contributed by atoms with Crippen molar-refractivity contribution in [3.8, 4) is 0 Å². The predicted octanol–water partition coefficient (Wildman–Crippen LogP) is 2.91. The Morgan fingerprint density at radius 1 is 1.25 bits per heavy atom. The first-order chi connectivity index (χ1) is 7.81. The van der Waals surface area contributed by atoms with Gasteiger partial charge in [-0.15, -0.1) is 0 Å². The average molecular weight is 217 g/mol. The quantitative estimate of drug-likeness (QED) is 0.791. The van der Waals surface area contributed by atoms with Gasteiger partial charge in [0.2, 0.25) is 0 Å². The molecule has 0 aliphatic heterocycles. The largest absolute Gasteiger partial charge is 0.326 e. The topological polar surface area (TPSA) is 43.1 Å². The summed E-state index contributed by atoms with van der Waals surface area (Å²) in [5.74, 6) is 0.566. The van der Waals surface area contributed by atoms with E-state index in [2.05, 4.69) is 0 Å². The minimum atomic E-state index is 0.252. The fourth-order valence-electron chi connectivity index (χ4n) is 2.45. The second-order valence-electron chi connectivity index (χ2n) is 4.60. The minimum Gasteiger partial charge on any atom is -0.326 e. The molecular weight excluding hydrogens is 198 g/mol. The highest BCUT2D eigenvalue weighted by atomic mass is 16.1. The third kappa shape index (κ3) is 2.50. The molecule has 0 heterocycles. The third-order valence-electron chi connectivity index (χ3n) is 3.42. The maximum Gasteiger partial charge on any atom is 0.165 e. The summed E-state index contributed by atoms with van der Waals surface area (Å²) in [4.78, 5) is 12.2. The van der Waals surface area contributed by atoms with Crippen LogP contribution < -0.4 is 5.73 Å². The SMILES string of the molecule is NCc1cccc(C(=O)C2CCCCC2)c1. The van der Waals surface area contributed by atoms with Crippen molar-refractivity contribution in [2.75, 3.05) is 0 Å². The molecule has 1 fully saturated rings. The van der Waals surface area contributed by atoms with Crippen LogP contribution in [0.4, 0.5) is 0 Å². The van der Waals surface area contributed by atoms with Crippen molar-refractivity contribution >= 4 is 5.78 Å². The summed E-state index contributed by atoms with van der Waals surface area (Å²) < 4.78 is 0. The molecule has 2 nitrogen and oxygen atoms in total. The van der Waals surface area contributed by atoms with Crippen molar-refractivity contribution in [1.82, 2.24) is 0 Å². The first-order valence-electron chi connectivity index (χ1n) is 6.14.